The summed E-state index contributed by atoms with van der Waals surface area (Å²) in [5, 5.41) is 0. The molecule has 1 aromatic heterocycles. The summed E-state index contributed by atoms with van der Waals surface area (Å²) < 4.78 is 79.0. The maximum Gasteiger partial charge on any atom is 0.394 e. The first-order valence-corrected chi connectivity index (χ1v) is 17.3. The molecule has 1 atom stereocenters. The number of aromatic nitrogens is 2. The van der Waals surface area contributed by atoms with Gasteiger partial charge in [-0.2, -0.15) is 18.2 Å². The van der Waals surface area contributed by atoms with E-state index >= 15 is 0 Å². The Morgan fingerprint density at radius 3 is 2.30 bits per heavy atom. The number of nitrogens with one attached hydrogen (secondary N) is 1. The molecule has 2 aromatic carbocycles. The molecule has 3 aromatic rings. The van der Waals surface area contributed by atoms with Gasteiger partial charge in [0.1, 0.15) is 6.61 Å². The number of nitrogens with zero attached hydrogens (tertiary/aromatic N) is 3. The number of ether oxygens (including phenoxy) is 1. The van der Waals surface area contributed by atoms with Gasteiger partial charge in [-0.05, 0) is 99.5 Å². The zero-order valence-corrected chi connectivity index (χ0v) is 26.8. The first-order valence-electron chi connectivity index (χ1n) is 15.8. The molecule has 12 heteroatoms. The van der Waals surface area contributed by atoms with Crippen molar-refractivity contribution in [3.8, 4) is 17.1 Å². The Labute approximate surface area is 266 Å². The fourth-order valence-corrected chi connectivity index (χ4v) is 9.15. The highest BCUT2D eigenvalue weighted by molar-refractivity contribution is 7.92. The number of halogens is 3. The van der Waals surface area contributed by atoms with E-state index in [4.69, 9.17) is 4.74 Å². The van der Waals surface area contributed by atoms with Gasteiger partial charge in [0, 0.05) is 23.2 Å². The maximum absolute atomic E-state index is 14.4. The number of fused-ring (bicyclic) bond motifs is 4. The second kappa shape index (κ2) is 10.7. The summed E-state index contributed by atoms with van der Waals surface area (Å²) in [7, 11) is -4.25. The van der Waals surface area contributed by atoms with Crippen molar-refractivity contribution in [3.05, 3.63) is 65.2 Å². The normalized spacial score (nSPS) is 28.0. The number of sulfonamides is 1. The molecule has 4 aliphatic rings. The topological polar surface area (TPSA) is 101 Å². The molecule has 3 saturated carbocycles. The van der Waals surface area contributed by atoms with E-state index in [9.17, 15) is 26.4 Å². The molecule has 1 aliphatic heterocycles. The third-order valence-corrected chi connectivity index (χ3v) is 11.8. The van der Waals surface area contributed by atoms with Crippen LogP contribution in [0.4, 0.5) is 19.1 Å². The number of benzene rings is 2. The minimum absolute atomic E-state index is 0.00320. The second-order valence-corrected chi connectivity index (χ2v) is 15.7. The van der Waals surface area contributed by atoms with E-state index in [-0.39, 0.29) is 59.6 Å². The van der Waals surface area contributed by atoms with E-state index in [1.165, 1.54) is 24.3 Å². The summed E-state index contributed by atoms with van der Waals surface area (Å²) in [6.07, 6.45) is -1.28. The summed E-state index contributed by atoms with van der Waals surface area (Å²) in [6.45, 7) is 5.76. The lowest BCUT2D eigenvalue weighted by atomic mass is 9.50. The third kappa shape index (κ3) is 5.42. The zero-order valence-electron chi connectivity index (χ0n) is 26.0. The molecule has 7 rings (SSSR count). The first kappa shape index (κ1) is 31.0. The van der Waals surface area contributed by atoms with Crippen molar-refractivity contribution in [2.75, 3.05) is 11.3 Å². The van der Waals surface area contributed by atoms with E-state index in [0.717, 1.165) is 29.5 Å². The highest BCUT2D eigenvalue weighted by atomic mass is 32.2. The van der Waals surface area contributed by atoms with Crippen LogP contribution in [0.2, 0.25) is 0 Å². The summed E-state index contributed by atoms with van der Waals surface area (Å²) in [4.78, 5) is 24.6. The van der Waals surface area contributed by atoms with Crippen LogP contribution in [0.15, 0.2) is 53.4 Å². The molecule has 4 bridgehead atoms. The minimum Gasteiger partial charge on any atom is -0.475 e. The van der Waals surface area contributed by atoms with Gasteiger partial charge in [-0.15, -0.1) is 0 Å². The second-order valence-electron chi connectivity index (χ2n) is 14.1. The smallest absolute Gasteiger partial charge is 0.394 e. The predicted octanol–water partition coefficient (Wildman–Crippen LogP) is 7.08. The van der Waals surface area contributed by atoms with E-state index in [1.54, 1.807) is 11.0 Å². The lowest BCUT2D eigenvalue weighted by Gasteiger charge is -2.60. The Kier molecular flexibility index (Phi) is 7.19. The largest absolute Gasteiger partial charge is 0.475 e. The average molecular weight is 655 g/mol. The number of amides is 1. The molecule has 46 heavy (non-hydrogen) atoms. The fraction of sp³-hybridized carbons (Fsp3) is 0.500. The molecular formula is C34H37F3N4O4S. The minimum atomic E-state index is -4.43. The van der Waals surface area contributed by atoms with Crippen LogP contribution in [-0.4, -0.2) is 54.1 Å². The van der Waals surface area contributed by atoms with Gasteiger partial charge in [-0.25, -0.2) is 18.1 Å². The van der Waals surface area contributed by atoms with Gasteiger partial charge >= 0.3 is 6.18 Å². The number of anilines is 1. The summed E-state index contributed by atoms with van der Waals surface area (Å²) in [6, 6.07) is 11.7. The Morgan fingerprint density at radius 2 is 1.67 bits per heavy atom. The zero-order chi connectivity index (χ0) is 32.6. The van der Waals surface area contributed by atoms with Gasteiger partial charge in [0.2, 0.25) is 11.8 Å². The molecule has 0 saturated heterocycles. The number of alkyl halides is 3. The van der Waals surface area contributed by atoms with Crippen LogP contribution in [0.3, 0.4) is 0 Å². The highest BCUT2D eigenvalue weighted by Gasteiger charge is 2.64. The molecule has 2 heterocycles. The molecule has 1 amide bonds. The highest BCUT2D eigenvalue weighted by Crippen LogP contribution is 2.63. The molecule has 0 unspecified atom stereocenters. The SMILES string of the molecule is Cc1cccc(C)c1-c1cc2nc(n1)NS(=O)(=O)c1cccc(c1)C(=O)N(C1CC3(CC(C)C3)C1)[C@H](CC1(C(F)(F)F)CC1)CO2. The number of carbonyl (C=O) groups is 1. The van der Waals surface area contributed by atoms with Crippen LogP contribution >= 0.6 is 0 Å². The number of hydrogen-bond donors (Lipinski definition) is 1. The van der Waals surface area contributed by atoms with Crippen molar-refractivity contribution in [2.24, 2.45) is 16.7 Å². The van der Waals surface area contributed by atoms with E-state index in [2.05, 4.69) is 21.6 Å². The summed E-state index contributed by atoms with van der Waals surface area (Å²) in [5.41, 5.74) is 1.25. The van der Waals surface area contributed by atoms with Crippen LogP contribution in [0.1, 0.15) is 73.4 Å². The van der Waals surface area contributed by atoms with Crippen molar-refractivity contribution < 1.29 is 31.1 Å². The summed E-state index contributed by atoms with van der Waals surface area (Å²) >= 11 is 0. The fourth-order valence-electron chi connectivity index (χ4n) is 8.16. The van der Waals surface area contributed by atoms with E-state index < -0.39 is 33.6 Å². The number of aryl methyl sites for hydroxylation is 2. The first-order chi connectivity index (χ1) is 21.7. The Balaban J connectivity index is 1.35. The van der Waals surface area contributed by atoms with Gasteiger partial charge in [0.25, 0.3) is 15.9 Å². The van der Waals surface area contributed by atoms with Crippen molar-refractivity contribution >= 4 is 21.9 Å². The molecule has 8 nitrogen and oxygen atoms in total. The van der Waals surface area contributed by atoms with Crippen molar-refractivity contribution in [1.29, 1.82) is 0 Å². The van der Waals surface area contributed by atoms with Crippen LogP contribution in [0.5, 0.6) is 5.88 Å². The van der Waals surface area contributed by atoms with Crippen LogP contribution in [0.25, 0.3) is 11.3 Å². The molecule has 1 N–H and O–H groups in total. The molecule has 3 fully saturated rings. The monoisotopic (exact) mass is 654 g/mol. The number of hydrogen-bond acceptors (Lipinski definition) is 6. The quantitative estimate of drug-likeness (QED) is 0.323. The van der Waals surface area contributed by atoms with Gasteiger partial charge in [-0.1, -0.05) is 31.2 Å². The third-order valence-electron chi connectivity index (χ3n) is 10.5. The van der Waals surface area contributed by atoms with Crippen LogP contribution < -0.4 is 9.46 Å². The van der Waals surface area contributed by atoms with Crippen molar-refractivity contribution in [2.45, 2.75) is 88.9 Å². The van der Waals surface area contributed by atoms with E-state index in [1.807, 2.05) is 32.0 Å². The Morgan fingerprint density at radius 1 is 1.00 bits per heavy atom. The molecule has 1 spiro atoms. The average Bonchev–Trinajstić information content (AvgIpc) is 3.74. The van der Waals surface area contributed by atoms with Crippen molar-refractivity contribution in [1.82, 2.24) is 14.9 Å². The molecule has 3 aliphatic carbocycles. The summed E-state index contributed by atoms with van der Waals surface area (Å²) in [5.74, 6) is -0.153. The van der Waals surface area contributed by atoms with Crippen molar-refractivity contribution in [3.63, 3.8) is 0 Å². The molecule has 244 valence electrons. The Bertz CT molecular complexity index is 1790. The lowest BCUT2D eigenvalue weighted by molar-refractivity contribution is -0.194. The van der Waals surface area contributed by atoms with Gasteiger partial charge in [-0.3, -0.25) is 4.79 Å². The Hall–Kier alpha value is -3.67. The van der Waals surface area contributed by atoms with Gasteiger partial charge < -0.3 is 9.64 Å². The van der Waals surface area contributed by atoms with Gasteiger partial charge in [0.05, 0.1) is 22.0 Å². The number of rotatable bonds is 4. The van der Waals surface area contributed by atoms with E-state index in [0.29, 0.717) is 24.5 Å². The van der Waals surface area contributed by atoms with Crippen LogP contribution in [-0.2, 0) is 10.0 Å². The van der Waals surface area contributed by atoms with Gasteiger partial charge in [0.15, 0.2) is 0 Å². The predicted molar refractivity (Wildman–Crippen MR) is 166 cm³/mol. The molecule has 0 radical (unpaired) electrons. The molecular weight excluding hydrogens is 617 g/mol. The standard InChI is InChI=1S/C34H37F3N4O4S/c1-20-14-32(15-20)16-24(17-32)41-25(18-33(10-11-33)34(35,36)37)19-45-28-13-27(29-21(2)6-4-7-22(29)3)38-31(39-28)40-46(43,44)26-9-5-8-23(12-26)30(41)42/h4-9,12-13,20,24-25H,10-11,14-19H2,1-3H3,(H,38,39,40)/t20?,24?,25-,32?/m1/s1. The maximum atomic E-state index is 14.4. The number of carbonyl (C=O) groups excluding carboxylic acids is 1. The lowest BCUT2D eigenvalue weighted by Crippen LogP contribution is -2.61. The van der Waals surface area contributed by atoms with Crippen LogP contribution in [0, 0.1) is 30.6 Å².